The molecule has 1 heterocycles. The van der Waals surface area contributed by atoms with Gasteiger partial charge in [0.2, 0.25) is 0 Å². The monoisotopic (exact) mass is 213 g/mol. The van der Waals surface area contributed by atoms with Gasteiger partial charge in [0.25, 0.3) is 0 Å². The first-order chi connectivity index (χ1) is 7.66. The van der Waals surface area contributed by atoms with Gasteiger partial charge < -0.3 is 11.5 Å². The molecule has 2 rings (SSSR count). The number of nitrogens with zero attached hydrogens (tertiary/aromatic N) is 1. The summed E-state index contributed by atoms with van der Waals surface area (Å²) in [5, 5.41) is 0. The van der Waals surface area contributed by atoms with Gasteiger partial charge in [-0.3, -0.25) is 4.79 Å². The third kappa shape index (κ3) is 2.00. The molecule has 0 unspecified atom stereocenters. The lowest BCUT2D eigenvalue weighted by Crippen LogP contribution is -2.05. The summed E-state index contributed by atoms with van der Waals surface area (Å²) in [7, 11) is 0. The van der Waals surface area contributed by atoms with E-state index in [0.29, 0.717) is 11.1 Å². The molecule has 0 saturated heterocycles. The average molecular weight is 213 g/mol. The zero-order valence-electron chi connectivity index (χ0n) is 8.55. The Hall–Kier alpha value is -2.36. The number of aromatic nitrogens is 1. The Kier molecular flexibility index (Phi) is 2.55. The van der Waals surface area contributed by atoms with Crippen molar-refractivity contribution in [2.75, 3.05) is 11.5 Å². The maximum atomic E-state index is 12.0. The van der Waals surface area contributed by atoms with Gasteiger partial charge in [-0.2, -0.15) is 0 Å². The number of ketones is 1. The van der Waals surface area contributed by atoms with Gasteiger partial charge in [0.05, 0.1) is 0 Å². The Labute approximate surface area is 92.9 Å². The van der Waals surface area contributed by atoms with Crippen molar-refractivity contribution in [2.24, 2.45) is 0 Å². The summed E-state index contributed by atoms with van der Waals surface area (Å²) >= 11 is 0. The van der Waals surface area contributed by atoms with Crippen molar-refractivity contribution in [3.63, 3.8) is 0 Å². The van der Waals surface area contributed by atoms with Crippen LogP contribution in [0.5, 0.6) is 0 Å². The smallest absolute Gasteiger partial charge is 0.193 e. The quantitative estimate of drug-likeness (QED) is 0.740. The van der Waals surface area contributed by atoms with E-state index in [4.69, 9.17) is 11.5 Å². The highest BCUT2D eigenvalue weighted by atomic mass is 16.1. The van der Waals surface area contributed by atoms with E-state index in [0.717, 1.165) is 0 Å². The second kappa shape index (κ2) is 4.02. The molecule has 2 aromatic rings. The molecular formula is C12H11N3O. The standard InChI is InChI=1S/C12H11N3O/c13-10-6-9(7-11(14)15-10)12(16)8-4-2-1-3-5-8/h1-7H,(H4,13,14,15). The molecule has 1 aromatic heterocycles. The van der Waals surface area contributed by atoms with Gasteiger partial charge in [0, 0.05) is 11.1 Å². The first kappa shape index (κ1) is 10.2. The molecule has 4 nitrogen and oxygen atoms in total. The van der Waals surface area contributed by atoms with Crippen molar-refractivity contribution in [1.29, 1.82) is 0 Å². The van der Waals surface area contributed by atoms with Crippen molar-refractivity contribution in [2.45, 2.75) is 0 Å². The van der Waals surface area contributed by atoms with E-state index in [2.05, 4.69) is 4.98 Å². The van der Waals surface area contributed by atoms with E-state index in [1.807, 2.05) is 6.07 Å². The van der Waals surface area contributed by atoms with Crippen LogP contribution in [0.2, 0.25) is 0 Å². The van der Waals surface area contributed by atoms with Crippen LogP contribution in [0, 0.1) is 0 Å². The maximum Gasteiger partial charge on any atom is 0.193 e. The molecule has 0 radical (unpaired) electrons. The average Bonchev–Trinajstić information content (AvgIpc) is 2.28. The lowest BCUT2D eigenvalue weighted by molar-refractivity contribution is 0.103. The Balaban J connectivity index is 2.42. The number of nitrogen functional groups attached to an aromatic ring is 2. The first-order valence-electron chi connectivity index (χ1n) is 4.79. The summed E-state index contributed by atoms with van der Waals surface area (Å²) in [6.45, 7) is 0. The van der Waals surface area contributed by atoms with E-state index in [9.17, 15) is 4.79 Å². The highest BCUT2D eigenvalue weighted by Gasteiger charge is 2.09. The minimum atomic E-state index is -0.110. The minimum absolute atomic E-state index is 0.110. The van der Waals surface area contributed by atoms with Crippen LogP contribution in [-0.4, -0.2) is 10.8 Å². The number of hydrogen-bond acceptors (Lipinski definition) is 4. The number of pyridine rings is 1. The molecule has 0 fully saturated rings. The van der Waals surface area contributed by atoms with Crippen molar-refractivity contribution in [3.05, 3.63) is 53.6 Å². The van der Waals surface area contributed by atoms with E-state index in [1.54, 1.807) is 24.3 Å². The van der Waals surface area contributed by atoms with Crippen molar-refractivity contribution in [1.82, 2.24) is 4.98 Å². The van der Waals surface area contributed by atoms with E-state index < -0.39 is 0 Å². The van der Waals surface area contributed by atoms with E-state index >= 15 is 0 Å². The lowest BCUT2D eigenvalue weighted by Gasteiger charge is -2.03. The number of hydrogen-bond donors (Lipinski definition) is 2. The third-order valence-corrected chi connectivity index (χ3v) is 2.16. The van der Waals surface area contributed by atoms with Crippen molar-refractivity contribution >= 4 is 17.4 Å². The van der Waals surface area contributed by atoms with E-state index in [-0.39, 0.29) is 17.4 Å². The molecule has 16 heavy (non-hydrogen) atoms. The van der Waals surface area contributed by atoms with Crippen LogP contribution in [0.3, 0.4) is 0 Å². The molecule has 4 heteroatoms. The number of benzene rings is 1. The predicted octanol–water partition coefficient (Wildman–Crippen LogP) is 1.48. The zero-order chi connectivity index (χ0) is 11.5. The summed E-state index contributed by atoms with van der Waals surface area (Å²) in [5.41, 5.74) is 12.1. The Morgan fingerprint density at radius 2 is 1.50 bits per heavy atom. The fourth-order valence-corrected chi connectivity index (χ4v) is 1.46. The van der Waals surface area contributed by atoms with Crippen LogP contribution in [0.4, 0.5) is 11.6 Å². The van der Waals surface area contributed by atoms with E-state index in [1.165, 1.54) is 12.1 Å². The van der Waals surface area contributed by atoms with Crippen LogP contribution in [-0.2, 0) is 0 Å². The molecule has 0 aliphatic heterocycles. The second-order valence-corrected chi connectivity index (χ2v) is 3.40. The summed E-state index contributed by atoms with van der Waals surface area (Å²) in [6, 6.07) is 12.0. The Morgan fingerprint density at radius 3 is 2.06 bits per heavy atom. The summed E-state index contributed by atoms with van der Waals surface area (Å²) < 4.78 is 0. The molecule has 0 aliphatic carbocycles. The molecule has 80 valence electrons. The van der Waals surface area contributed by atoms with Crippen LogP contribution >= 0.6 is 0 Å². The zero-order valence-corrected chi connectivity index (χ0v) is 8.55. The molecule has 4 N–H and O–H groups in total. The molecule has 0 amide bonds. The summed E-state index contributed by atoms with van der Waals surface area (Å²) in [6.07, 6.45) is 0. The molecular weight excluding hydrogens is 202 g/mol. The number of rotatable bonds is 2. The van der Waals surface area contributed by atoms with Crippen molar-refractivity contribution in [3.8, 4) is 0 Å². The van der Waals surface area contributed by atoms with Crippen LogP contribution in [0.1, 0.15) is 15.9 Å². The van der Waals surface area contributed by atoms with Gasteiger partial charge in [0.1, 0.15) is 11.6 Å². The lowest BCUT2D eigenvalue weighted by atomic mass is 10.0. The minimum Gasteiger partial charge on any atom is -0.384 e. The van der Waals surface area contributed by atoms with Gasteiger partial charge >= 0.3 is 0 Å². The van der Waals surface area contributed by atoms with Gasteiger partial charge in [0.15, 0.2) is 5.78 Å². The molecule has 0 spiro atoms. The van der Waals surface area contributed by atoms with Crippen LogP contribution in [0.15, 0.2) is 42.5 Å². The van der Waals surface area contributed by atoms with Crippen LogP contribution < -0.4 is 11.5 Å². The largest absolute Gasteiger partial charge is 0.384 e. The number of carbonyl (C=O) groups excluding carboxylic acids is 1. The number of anilines is 2. The fraction of sp³-hybridized carbons (Fsp3) is 0. The fourth-order valence-electron chi connectivity index (χ4n) is 1.46. The number of carbonyl (C=O) groups is 1. The molecule has 0 bridgehead atoms. The van der Waals surface area contributed by atoms with Crippen molar-refractivity contribution < 1.29 is 4.79 Å². The molecule has 0 atom stereocenters. The molecule has 0 aliphatic rings. The third-order valence-electron chi connectivity index (χ3n) is 2.16. The SMILES string of the molecule is Nc1cc(C(=O)c2ccccc2)cc(N)n1. The normalized spacial score (nSPS) is 10.0. The Morgan fingerprint density at radius 1 is 0.938 bits per heavy atom. The summed E-state index contributed by atoms with van der Waals surface area (Å²) in [5.74, 6) is 0.389. The Bertz CT molecular complexity index is 503. The molecule has 1 aromatic carbocycles. The predicted molar refractivity (Wildman–Crippen MR) is 62.9 cm³/mol. The first-order valence-corrected chi connectivity index (χ1v) is 4.79. The number of nitrogens with two attached hydrogens (primary N) is 2. The second-order valence-electron chi connectivity index (χ2n) is 3.40. The highest BCUT2D eigenvalue weighted by molar-refractivity contribution is 6.09. The van der Waals surface area contributed by atoms with Gasteiger partial charge in [-0.1, -0.05) is 30.3 Å². The van der Waals surface area contributed by atoms with Gasteiger partial charge in [-0.05, 0) is 12.1 Å². The van der Waals surface area contributed by atoms with Crippen LogP contribution in [0.25, 0.3) is 0 Å². The topological polar surface area (TPSA) is 82.0 Å². The maximum absolute atomic E-state index is 12.0. The molecule has 0 saturated carbocycles. The highest BCUT2D eigenvalue weighted by Crippen LogP contribution is 2.14. The van der Waals surface area contributed by atoms with Gasteiger partial charge in [-0.15, -0.1) is 0 Å². The van der Waals surface area contributed by atoms with Gasteiger partial charge in [-0.25, -0.2) is 4.98 Å². The summed E-state index contributed by atoms with van der Waals surface area (Å²) in [4.78, 5) is 15.8.